The fourth-order valence-corrected chi connectivity index (χ4v) is 4.25. The second kappa shape index (κ2) is 9.52. The molecule has 9 nitrogen and oxygen atoms in total. The van der Waals surface area contributed by atoms with E-state index in [4.69, 9.17) is 9.72 Å². The van der Waals surface area contributed by atoms with Crippen molar-refractivity contribution in [3.05, 3.63) is 23.5 Å². The first-order valence-corrected chi connectivity index (χ1v) is 11.4. The number of thioether (sulfide) groups is 1. The molecule has 0 radical (unpaired) electrons. The molecule has 1 amide bonds. The van der Waals surface area contributed by atoms with Crippen molar-refractivity contribution >= 4 is 51.1 Å². The van der Waals surface area contributed by atoms with Crippen molar-refractivity contribution in [2.75, 3.05) is 17.7 Å². The van der Waals surface area contributed by atoms with Gasteiger partial charge in [0.25, 0.3) is 5.91 Å². The van der Waals surface area contributed by atoms with Crippen LogP contribution in [0.2, 0.25) is 0 Å². The quantitative estimate of drug-likeness (QED) is 0.314. The first-order chi connectivity index (χ1) is 14.3. The number of carbonyl (C=O) groups is 2. The molecule has 0 bridgehead atoms. The number of hydrogen-bond donors (Lipinski definition) is 1. The van der Waals surface area contributed by atoms with Crippen LogP contribution in [0.4, 0.5) is 5.13 Å². The molecule has 30 heavy (non-hydrogen) atoms. The molecule has 0 aliphatic rings. The summed E-state index contributed by atoms with van der Waals surface area (Å²) in [5.74, 6) is -0.312. The average molecular weight is 449 g/mol. The van der Waals surface area contributed by atoms with Gasteiger partial charge in [-0.05, 0) is 32.8 Å². The Morgan fingerprint density at radius 2 is 2.03 bits per heavy atom. The standard InChI is InChI=1S/C19H24N6O3S2/c1-6-28-15(26)9-29-19-24-23-18(30-19)22-17(27)12-7-14(10(2)3)21-16-13(12)8-20-25(16)11(4)5/h7-8,10-11H,6,9H2,1-5H3,(H,22,23,27). The van der Waals surface area contributed by atoms with Gasteiger partial charge in [-0.3, -0.25) is 14.9 Å². The van der Waals surface area contributed by atoms with Crippen LogP contribution in [0.15, 0.2) is 16.6 Å². The van der Waals surface area contributed by atoms with E-state index in [-0.39, 0.29) is 29.6 Å². The molecule has 0 aliphatic heterocycles. The van der Waals surface area contributed by atoms with Crippen molar-refractivity contribution in [3.8, 4) is 0 Å². The van der Waals surface area contributed by atoms with Crippen LogP contribution in [0.3, 0.4) is 0 Å². The van der Waals surface area contributed by atoms with Crippen molar-refractivity contribution in [1.29, 1.82) is 0 Å². The third-order valence-electron chi connectivity index (χ3n) is 4.16. The fraction of sp³-hybridized carbons (Fsp3) is 0.474. The molecular weight excluding hydrogens is 424 g/mol. The second-order valence-corrected chi connectivity index (χ2v) is 9.29. The van der Waals surface area contributed by atoms with Crippen LogP contribution in [0, 0.1) is 0 Å². The zero-order chi connectivity index (χ0) is 21.8. The number of rotatable bonds is 8. The lowest BCUT2D eigenvalue weighted by Gasteiger charge is -2.11. The normalized spacial score (nSPS) is 11.4. The van der Waals surface area contributed by atoms with E-state index >= 15 is 0 Å². The molecule has 3 aromatic heterocycles. The number of fused-ring (bicyclic) bond motifs is 1. The molecule has 0 saturated heterocycles. The van der Waals surface area contributed by atoms with Crippen LogP contribution in [-0.2, 0) is 9.53 Å². The molecular formula is C19H24N6O3S2. The molecule has 3 heterocycles. The number of nitrogens with zero attached hydrogens (tertiary/aromatic N) is 5. The molecule has 160 valence electrons. The predicted octanol–water partition coefficient (Wildman–Crippen LogP) is 3.89. The van der Waals surface area contributed by atoms with Gasteiger partial charge in [-0.25, -0.2) is 9.67 Å². The van der Waals surface area contributed by atoms with E-state index < -0.39 is 0 Å². The molecule has 11 heteroatoms. The summed E-state index contributed by atoms with van der Waals surface area (Å²) in [6.45, 7) is 10.2. The molecule has 1 N–H and O–H groups in total. The zero-order valence-electron chi connectivity index (χ0n) is 17.5. The van der Waals surface area contributed by atoms with Gasteiger partial charge in [-0.2, -0.15) is 5.10 Å². The van der Waals surface area contributed by atoms with E-state index in [1.54, 1.807) is 19.2 Å². The number of ether oxygens (including phenoxy) is 1. The maximum absolute atomic E-state index is 13.0. The lowest BCUT2D eigenvalue weighted by molar-refractivity contribution is -0.139. The van der Waals surface area contributed by atoms with Gasteiger partial charge >= 0.3 is 5.97 Å². The number of anilines is 1. The van der Waals surface area contributed by atoms with Gasteiger partial charge in [0.15, 0.2) is 9.99 Å². The number of carbonyl (C=O) groups excluding carboxylic acids is 2. The summed E-state index contributed by atoms with van der Waals surface area (Å²) in [5, 5.41) is 16.3. The first-order valence-electron chi connectivity index (χ1n) is 9.61. The molecule has 0 spiro atoms. The van der Waals surface area contributed by atoms with E-state index in [1.165, 1.54) is 23.1 Å². The monoisotopic (exact) mass is 448 g/mol. The zero-order valence-corrected chi connectivity index (χ0v) is 19.1. The average Bonchev–Trinajstić information content (AvgIpc) is 3.32. The highest BCUT2D eigenvalue weighted by Gasteiger charge is 2.20. The Balaban J connectivity index is 1.82. The molecule has 0 unspecified atom stereocenters. The van der Waals surface area contributed by atoms with E-state index in [1.807, 2.05) is 32.4 Å². The lowest BCUT2D eigenvalue weighted by atomic mass is 10.0. The summed E-state index contributed by atoms with van der Waals surface area (Å²) >= 11 is 2.43. The number of esters is 1. The van der Waals surface area contributed by atoms with E-state index in [9.17, 15) is 9.59 Å². The highest BCUT2D eigenvalue weighted by molar-refractivity contribution is 8.01. The molecule has 0 fully saturated rings. The lowest BCUT2D eigenvalue weighted by Crippen LogP contribution is -2.14. The predicted molar refractivity (Wildman–Crippen MR) is 117 cm³/mol. The Kier molecular flexibility index (Phi) is 7.03. The second-order valence-electron chi connectivity index (χ2n) is 7.09. The smallest absolute Gasteiger partial charge is 0.316 e. The van der Waals surface area contributed by atoms with E-state index in [0.717, 1.165) is 5.69 Å². The Morgan fingerprint density at radius 3 is 2.70 bits per heavy atom. The molecule has 3 rings (SSSR count). The van der Waals surface area contributed by atoms with Gasteiger partial charge < -0.3 is 4.74 Å². The van der Waals surface area contributed by atoms with Crippen LogP contribution in [0.5, 0.6) is 0 Å². The Morgan fingerprint density at radius 1 is 1.27 bits per heavy atom. The van der Waals surface area contributed by atoms with Crippen LogP contribution in [-0.4, -0.2) is 49.2 Å². The summed E-state index contributed by atoms with van der Waals surface area (Å²) in [4.78, 5) is 29.2. The van der Waals surface area contributed by atoms with Gasteiger partial charge in [0, 0.05) is 11.7 Å². The van der Waals surface area contributed by atoms with Gasteiger partial charge in [0.2, 0.25) is 5.13 Å². The summed E-state index contributed by atoms with van der Waals surface area (Å²) in [6.07, 6.45) is 1.67. The minimum Gasteiger partial charge on any atom is -0.465 e. The highest BCUT2D eigenvalue weighted by atomic mass is 32.2. The van der Waals surface area contributed by atoms with E-state index in [0.29, 0.717) is 32.7 Å². The van der Waals surface area contributed by atoms with Gasteiger partial charge in [0.1, 0.15) is 0 Å². The summed E-state index contributed by atoms with van der Waals surface area (Å²) < 4.78 is 7.29. The molecule has 3 aromatic rings. The molecule has 0 saturated carbocycles. The first kappa shape index (κ1) is 22.2. The summed E-state index contributed by atoms with van der Waals surface area (Å²) in [5.41, 5.74) is 1.99. The minimum atomic E-state index is -0.314. The SMILES string of the molecule is CCOC(=O)CSc1nnc(NC(=O)c2cc(C(C)C)nc3c2cnn3C(C)C)s1. The van der Waals surface area contributed by atoms with Crippen LogP contribution in [0.1, 0.15) is 62.6 Å². The third kappa shape index (κ3) is 4.96. The van der Waals surface area contributed by atoms with Crippen LogP contribution >= 0.6 is 23.1 Å². The molecule has 0 aliphatic carbocycles. The van der Waals surface area contributed by atoms with E-state index in [2.05, 4.69) is 20.6 Å². The van der Waals surface area contributed by atoms with Crippen LogP contribution in [0.25, 0.3) is 11.0 Å². The maximum atomic E-state index is 13.0. The Labute approximate surface area is 182 Å². The third-order valence-corrected chi connectivity index (χ3v) is 6.10. The number of hydrogen-bond acceptors (Lipinski definition) is 9. The van der Waals surface area contributed by atoms with Crippen molar-refractivity contribution in [2.45, 2.75) is 50.9 Å². The summed E-state index contributed by atoms with van der Waals surface area (Å²) in [6, 6.07) is 1.92. The fourth-order valence-electron chi connectivity index (χ4n) is 2.71. The number of nitrogens with one attached hydrogen (secondary N) is 1. The highest BCUT2D eigenvalue weighted by Crippen LogP contribution is 2.28. The van der Waals surface area contributed by atoms with Crippen molar-refractivity contribution in [3.63, 3.8) is 0 Å². The largest absolute Gasteiger partial charge is 0.465 e. The van der Waals surface area contributed by atoms with Crippen molar-refractivity contribution in [2.24, 2.45) is 0 Å². The minimum absolute atomic E-state index is 0.121. The van der Waals surface area contributed by atoms with Gasteiger partial charge in [-0.1, -0.05) is 36.9 Å². The van der Waals surface area contributed by atoms with Gasteiger partial charge in [-0.15, -0.1) is 10.2 Å². The Hall–Kier alpha value is -2.53. The number of amides is 1. The molecule has 0 atom stereocenters. The maximum Gasteiger partial charge on any atom is 0.316 e. The van der Waals surface area contributed by atoms with Gasteiger partial charge in [0.05, 0.1) is 29.5 Å². The topological polar surface area (TPSA) is 112 Å². The van der Waals surface area contributed by atoms with Crippen LogP contribution < -0.4 is 5.32 Å². The number of pyridine rings is 1. The van der Waals surface area contributed by atoms with Crippen molar-refractivity contribution < 1.29 is 14.3 Å². The van der Waals surface area contributed by atoms with Crippen molar-refractivity contribution in [1.82, 2.24) is 25.0 Å². The Bertz CT molecular complexity index is 1060. The summed E-state index contributed by atoms with van der Waals surface area (Å²) in [7, 11) is 0. The molecule has 0 aromatic carbocycles. The number of aromatic nitrogens is 5.